The lowest BCUT2D eigenvalue weighted by molar-refractivity contribution is 0.0930. The first kappa shape index (κ1) is 22.1. The maximum atomic E-state index is 13.3. The number of amides is 1. The van der Waals surface area contributed by atoms with Gasteiger partial charge in [0.05, 0.1) is 16.1 Å². The minimum absolute atomic E-state index is 0. The van der Waals surface area contributed by atoms with Gasteiger partial charge in [0, 0.05) is 6.04 Å². The molecule has 0 radical (unpaired) electrons. The zero-order chi connectivity index (χ0) is 19.4. The standard InChI is InChI=1S/C19H22FN3O3S.ClH/c1-13-12-14(20)6-7-18(13)27(25,26)23-17-5-3-2-4-16(17)19(24)22-15-8-10-21-11-9-15;/h2-7,12,15,21,23H,8-11H2,1H3,(H,22,24);1H. The molecule has 1 amide bonds. The number of carbonyl (C=O) groups excluding carboxylic acids is 1. The number of halogens is 2. The van der Waals surface area contributed by atoms with Gasteiger partial charge in [-0.1, -0.05) is 12.1 Å². The van der Waals surface area contributed by atoms with E-state index in [-0.39, 0.29) is 40.5 Å². The normalized spacial score (nSPS) is 14.8. The highest BCUT2D eigenvalue weighted by molar-refractivity contribution is 7.92. The number of anilines is 1. The molecule has 2 aromatic rings. The summed E-state index contributed by atoms with van der Waals surface area (Å²) >= 11 is 0. The van der Waals surface area contributed by atoms with Crippen molar-refractivity contribution in [2.45, 2.75) is 30.7 Å². The van der Waals surface area contributed by atoms with Crippen molar-refractivity contribution >= 4 is 34.0 Å². The number of nitrogens with one attached hydrogen (secondary N) is 3. The van der Waals surface area contributed by atoms with Gasteiger partial charge in [-0.25, -0.2) is 12.8 Å². The third-order valence-corrected chi connectivity index (χ3v) is 6.04. The Balaban J connectivity index is 0.00000280. The van der Waals surface area contributed by atoms with E-state index in [0.717, 1.165) is 38.1 Å². The van der Waals surface area contributed by atoms with Crippen molar-refractivity contribution in [3.05, 3.63) is 59.4 Å². The van der Waals surface area contributed by atoms with Gasteiger partial charge in [0.1, 0.15) is 5.82 Å². The van der Waals surface area contributed by atoms with E-state index in [1.165, 1.54) is 19.1 Å². The third-order valence-electron chi connectivity index (χ3n) is 4.52. The largest absolute Gasteiger partial charge is 0.349 e. The van der Waals surface area contributed by atoms with Gasteiger partial charge in [-0.05, 0) is 68.8 Å². The van der Waals surface area contributed by atoms with Gasteiger partial charge in [0.2, 0.25) is 0 Å². The van der Waals surface area contributed by atoms with Gasteiger partial charge < -0.3 is 10.6 Å². The van der Waals surface area contributed by atoms with Crippen molar-refractivity contribution < 1.29 is 17.6 Å². The van der Waals surface area contributed by atoms with E-state index in [1.54, 1.807) is 18.2 Å². The molecule has 0 aromatic heterocycles. The Kier molecular flexibility index (Phi) is 7.40. The van der Waals surface area contributed by atoms with Crippen molar-refractivity contribution in [2.75, 3.05) is 17.8 Å². The van der Waals surface area contributed by atoms with E-state index in [9.17, 15) is 17.6 Å². The van der Waals surface area contributed by atoms with Crippen LogP contribution in [0.1, 0.15) is 28.8 Å². The van der Waals surface area contributed by atoms with Gasteiger partial charge >= 0.3 is 0 Å². The molecule has 0 unspecified atom stereocenters. The molecule has 6 nitrogen and oxygen atoms in total. The summed E-state index contributed by atoms with van der Waals surface area (Å²) in [6, 6.07) is 9.96. The molecule has 2 aromatic carbocycles. The Morgan fingerprint density at radius 2 is 1.82 bits per heavy atom. The molecular weight excluding hydrogens is 405 g/mol. The number of benzene rings is 2. The summed E-state index contributed by atoms with van der Waals surface area (Å²) in [6.45, 7) is 3.19. The van der Waals surface area contributed by atoms with Gasteiger partial charge in [0.15, 0.2) is 0 Å². The predicted molar refractivity (Wildman–Crippen MR) is 109 cm³/mol. The minimum Gasteiger partial charge on any atom is -0.349 e. The fraction of sp³-hybridized carbons (Fsp3) is 0.316. The molecule has 9 heteroatoms. The van der Waals surface area contributed by atoms with Gasteiger partial charge in [0.25, 0.3) is 15.9 Å². The summed E-state index contributed by atoms with van der Waals surface area (Å²) < 4.78 is 41.2. The molecule has 1 fully saturated rings. The molecule has 0 spiro atoms. The summed E-state index contributed by atoms with van der Waals surface area (Å²) in [7, 11) is -3.96. The first-order valence-electron chi connectivity index (χ1n) is 8.76. The van der Waals surface area contributed by atoms with Crippen LogP contribution in [0.4, 0.5) is 10.1 Å². The summed E-state index contributed by atoms with van der Waals surface area (Å²) in [5.74, 6) is -0.829. The topological polar surface area (TPSA) is 87.3 Å². The average Bonchev–Trinajstić information content (AvgIpc) is 2.62. The van der Waals surface area contributed by atoms with Crippen LogP contribution in [-0.2, 0) is 10.0 Å². The Labute approximate surface area is 170 Å². The maximum Gasteiger partial charge on any atom is 0.262 e. The Morgan fingerprint density at radius 1 is 1.14 bits per heavy atom. The zero-order valence-electron chi connectivity index (χ0n) is 15.4. The van der Waals surface area contributed by atoms with Crippen LogP contribution in [0, 0.1) is 12.7 Å². The Bertz CT molecular complexity index is 947. The SMILES string of the molecule is Cc1cc(F)ccc1S(=O)(=O)Nc1ccccc1C(=O)NC1CCNCC1.Cl. The van der Waals surface area contributed by atoms with Crippen LogP contribution in [0.5, 0.6) is 0 Å². The predicted octanol–water partition coefficient (Wildman–Crippen LogP) is 2.84. The van der Waals surface area contributed by atoms with Crippen molar-refractivity contribution in [1.82, 2.24) is 10.6 Å². The van der Waals surface area contributed by atoms with E-state index >= 15 is 0 Å². The monoisotopic (exact) mass is 427 g/mol. The van der Waals surface area contributed by atoms with Crippen molar-refractivity contribution in [3.63, 3.8) is 0 Å². The lowest BCUT2D eigenvalue weighted by Crippen LogP contribution is -2.42. The summed E-state index contributed by atoms with van der Waals surface area (Å²) in [5.41, 5.74) is 0.728. The Morgan fingerprint density at radius 3 is 2.50 bits per heavy atom. The molecule has 0 atom stereocenters. The second kappa shape index (κ2) is 9.36. The number of aryl methyl sites for hydroxylation is 1. The zero-order valence-corrected chi connectivity index (χ0v) is 17.0. The molecule has 0 aliphatic carbocycles. The van der Waals surface area contributed by atoms with Gasteiger partial charge in [-0.2, -0.15) is 0 Å². The first-order valence-corrected chi connectivity index (χ1v) is 10.2. The third kappa shape index (κ3) is 5.21. The van der Waals surface area contributed by atoms with Crippen LogP contribution in [-0.4, -0.2) is 33.5 Å². The smallest absolute Gasteiger partial charge is 0.262 e. The number of carbonyl (C=O) groups is 1. The van der Waals surface area contributed by atoms with Crippen molar-refractivity contribution in [1.29, 1.82) is 0 Å². The number of piperidine rings is 1. The highest BCUT2D eigenvalue weighted by Crippen LogP contribution is 2.23. The number of hydrogen-bond donors (Lipinski definition) is 3. The van der Waals surface area contributed by atoms with Crippen LogP contribution in [0.25, 0.3) is 0 Å². The molecular formula is C19H23ClFN3O3S. The molecule has 3 N–H and O–H groups in total. The molecule has 3 rings (SSSR count). The van der Waals surface area contributed by atoms with Gasteiger partial charge in [-0.3, -0.25) is 9.52 Å². The molecule has 1 heterocycles. The molecule has 28 heavy (non-hydrogen) atoms. The molecule has 1 aliphatic heterocycles. The van der Waals surface area contributed by atoms with Crippen LogP contribution in [0.15, 0.2) is 47.4 Å². The summed E-state index contributed by atoms with van der Waals surface area (Å²) in [6.07, 6.45) is 1.66. The van der Waals surface area contributed by atoms with E-state index in [2.05, 4.69) is 15.4 Å². The fourth-order valence-electron chi connectivity index (χ4n) is 3.11. The molecule has 152 valence electrons. The summed E-state index contributed by atoms with van der Waals surface area (Å²) in [4.78, 5) is 12.6. The fourth-order valence-corrected chi connectivity index (χ4v) is 4.42. The lowest BCUT2D eigenvalue weighted by atomic mass is 10.1. The second-order valence-corrected chi connectivity index (χ2v) is 8.21. The number of hydrogen-bond acceptors (Lipinski definition) is 4. The minimum atomic E-state index is -3.96. The van der Waals surface area contributed by atoms with E-state index in [4.69, 9.17) is 0 Å². The maximum absolute atomic E-state index is 13.3. The van der Waals surface area contributed by atoms with Crippen molar-refractivity contribution in [3.8, 4) is 0 Å². The number of rotatable bonds is 5. The molecule has 0 saturated carbocycles. The van der Waals surface area contributed by atoms with E-state index < -0.39 is 15.8 Å². The Hall–Kier alpha value is -2.16. The molecule has 1 aliphatic rings. The van der Waals surface area contributed by atoms with E-state index in [0.29, 0.717) is 5.56 Å². The van der Waals surface area contributed by atoms with Gasteiger partial charge in [-0.15, -0.1) is 12.4 Å². The van der Waals surface area contributed by atoms with Crippen molar-refractivity contribution in [2.24, 2.45) is 0 Å². The highest BCUT2D eigenvalue weighted by Gasteiger charge is 2.22. The number of sulfonamides is 1. The van der Waals surface area contributed by atoms with Crippen LogP contribution in [0.2, 0.25) is 0 Å². The molecule has 0 bridgehead atoms. The lowest BCUT2D eigenvalue weighted by Gasteiger charge is -2.24. The van der Waals surface area contributed by atoms with Crippen LogP contribution >= 0.6 is 12.4 Å². The molecule has 1 saturated heterocycles. The average molecular weight is 428 g/mol. The highest BCUT2D eigenvalue weighted by atomic mass is 35.5. The number of para-hydroxylation sites is 1. The second-order valence-electron chi connectivity index (χ2n) is 6.56. The van der Waals surface area contributed by atoms with Crippen LogP contribution in [0.3, 0.4) is 0 Å². The first-order chi connectivity index (χ1) is 12.9. The van der Waals surface area contributed by atoms with Crippen LogP contribution < -0.4 is 15.4 Å². The van der Waals surface area contributed by atoms with E-state index in [1.807, 2.05) is 0 Å². The summed E-state index contributed by atoms with van der Waals surface area (Å²) in [5, 5.41) is 6.18. The quantitative estimate of drug-likeness (QED) is 0.684.